The van der Waals surface area contributed by atoms with Crippen molar-refractivity contribution in [3.63, 3.8) is 0 Å². The summed E-state index contributed by atoms with van der Waals surface area (Å²) >= 11 is 4.79. The van der Waals surface area contributed by atoms with Crippen molar-refractivity contribution in [2.45, 2.75) is 11.1 Å². The van der Waals surface area contributed by atoms with Gasteiger partial charge in [-0.2, -0.15) is 13.2 Å². The highest BCUT2D eigenvalue weighted by molar-refractivity contribution is 9.10. The maximum atomic E-state index is 13.6. The lowest BCUT2D eigenvalue weighted by Gasteiger charge is -2.16. The first-order valence-corrected chi connectivity index (χ1v) is 11.2. The molecule has 1 N–H and O–H groups in total. The molecule has 0 heterocycles. The molecule has 0 fully saturated rings. The van der Waals surface area contributed by atoms with Crippen molar-refractivity contribution in [3.05, 3.63) is 100 Å². The molecule has 0 bridgehead atoms. The minimum atomic E-state index is -4.46. The van der Waals surface area contributed by atoms with E-state index in [2.05, 4.69) is 15.9 Å². The van der Waals surface area contributed by atoms with Crippen LogP contribution in [0.25, 0.3) is 5.57 Å². The van der Waals surface area contributed by atoms with Gasteiger partial charge in [0.2, 0.25) is 0 Å². The SMILES string of the molecule is O=C(O)COc1ccc(SC/C=C(/c2ccccc2)c2ccccc2C(F)(F)F)cc1Br. The van der Waals surface area contributed by atoms with E-state index in [-0.39, 0.29) is 5.56 Å². The Hall–Kier alpha value is -2.71. The van der Waals surface area contributed by atoms with Gasteiger partial charge < -0.3 is 9.84 Å². The zero-order chi connectivity index (χ0) is 23.1. The average molecular weight is 523 g/mol. The maximum absolute atomic E-state index is 13.6. The first-order chi connectivity index (χ1) is 15.3. The van der Waals surface area contributed by atoms with Gasteiger partial charge >= 0.3 is 12.1 Å². The molecule has 0 amide bonds. The lowest BCUT2D eigenvalue weighted by atomic mass is 9.93. The lowest BCUT2D eigenvalue weighted by Crippen LogP contribution is -2.09. The Kier molecular flexibility index (Phi) is 8.04. The smallest absolute Gasteiger partial charge is 0.417 e. The summed E-state index contributed by atoms with van der Waals surface area (Å²) in [4.78, 5) is 11.5. The van der Waals surface area contributed by atoms with Gasteiger partial charge in [0.25, 0.3) is 0 Å². The maximum Gasteiger partial charge on any atom is 0.417 e. The van der Waals surface area contributed by atoms with Crippen LogP contribution in [0.1, 0.15) is 16.7 Å². The van der Waals surface area contributed by atoms with Crippen molar-refractivity contribution < 1.29 is 27.8 Å². The van der Waals surface area contributed by atoms with Crippen LogP contribution < -0.4 is 4.74 Å². The number of hydrogen-bond donors (Lipinski definition) is 1. The average Bonchev–Trinajstić information content (AvgIpc) is 2.76. The third-order valence-electron chi connectivity index (χ3n) is 4.40. The predicted molar refractivity (Wildman–Crippen MR) is 123 cm³/mol. The Morgan fingerprint density at radius 2 is 1.72 bits per heavy atom. The van der Waals surface area contributed by atoms with Crippen LogP contribution in [0.3, 0.4) is 0 Å². The Balaban J connectivity index is 1.86. The molecule has 0 aliphatic heterocycles. The Morgan fingerprint density at radius 1 is 1.03 bits per heavy atom. The molecule has 0 atom stereocenters. The van der Waals surface area contributed by atoms with Crippen molar-refractivity contribution in [2.75, 3.05) is 12.4 Å². The van der Waals surface area contributed by atoms with Crippen LogP contribution in [0, 0.1) is 0 Å². The molecule has 0 saturated heterocycles. The van der Waals surface area contributed by atoms with Crippen molar-refractivity contribution in [2.24, 2.45) is 0 Å². The molecule has 8 heteroatoms. The van der Waals surface area contributed by atoms with Crippen molar-refractivity contribution in [1.82, 2.24) is 0 Å². The predicted octanol–water partition coefficient (Wildman–Crippen LogP) is 7.16. The summed E-state index contributed by atoms with van der Waals surface area (Å²) < 4.78 is 46.6. The molecule has 3 nitrogen and oxygen atoms in total. The lowest BCUT2D eigenvalue weighted by molar-refractivity contribution is -0.139. The topological polar surface area (TPSA) is 46.5 Å². The highest BCUT2D eigenvalue weighted by Crippen LogP contribution is 2.37. The first-order valence-electron chi connectivity index (χ1n) is 9.45. The summed E-state index contributed by atoms with van der Waals surface area (Å²) in [6.45, 7) is -0.452. The molecule has 166 valence electrons. The number of carboxylic acids is 1. The number of ether oxygens (including phenoxy) is 1. The second-order valence-corrected chi connectivity index (χ2v) is 8.56. The summed E-state index contributed by atoms with van der Waals surface area (Å²) in [6, 6.07) is 19.7. The summed E-state index contributed by atoms with van der Waals surface area (Å²) in [5.74, 6) is -0.248. The monoisotopic (exact) mass is 522 g/mol. The molecule has 0 aromatic heterocycles. The number of halogens is 4. The molecule has 0 unspecified atom stereocenters. The number of hydrogen-bond acceptors (Lipinski definition) is 3. The fraction of sp³-hybridized carbons (Fsp3) is 0.125. The van der Waals surface area contributed by atoms with E-state index in [1.807, 2.05) is 6.07 Å². The van der Waals surface area contributed by atoms with E-state index in [1.165, 1.54) is 23.9 Å². The first kappa shape index (κ1) is 23.9. The number of benzene rings is 3. The number of thioether (sulfide) groups is 1. The molecule has 0 spiro atoms. The van der Waals surface area contributed by atoms with E-state index in [0.717, 1.165) is 11.0 Å². The fourth-order valence-corrected chi connectivity index (χ4v) is 4.47. The third kappa shape index (κ3) is 6.40. The van der Waals surface area contributed by atoms with Crippen LogP contribution in [-0.4, -0.2) is 23.4 Å². The fourth-order valence-electron chi connectivity index (χ4n) is 3.02. The van der Waals surface area contributed by atoms with E-state index in [4.69, 9.17) is 9.84 Å². The van der Waals surface area contributed by atoms with Gasteiger partial charge in [0.15, 0.2) is 6.61 Å². The van der Waals surface area contributed by atoms with E-state index in [1.54, 1.807) is 54.6 Å². The second-order valence-electron chi connectivity index (χ2n) is 6.61. The molecular formula is C24H18BrF3O3S. The molecule has 0 saturated carbocycles. The summed E-state index contributed by atoms with van der Waals surface area (Å²) in [5, 5.41) is 8.72. The normalized spacial score (nSPS) is 11.9. The minimum Gasteiger partial charge on any atom is -0.481 e. The van der Waals surface area contributed by atoms with Gasteiger partial charge in [-0.15, -0.1) is 11.8 Å². The molecule has 0 aliphatic rings. The number of carboxylic acid groups (broad SMARTS) is 1. The van der Waals surface area contributed by atoms with E-state index >= 15 is 0 Å². The highest BCUT2D eigenvalue weighted by atomic mass is 79.9. The molecule has 3 aromatic rings. The number of aliphatic carboxylic acids is 1. The van der Waals surface area contributed by atoms with E-state index < -0.39 is 24.3 Å². The quantitative estimate of drug-likeness (QED) is 0.319. The van der Waals surface area contributed by atoms with Crippen molar-refractivity contribution in [3.8, 4) is 5.75 Å². The molecule has 3 aromatic carbocycles. The molecule has 3 rings (SSSR count). The Labute approximate surface area is 196 Å². The van der Waals surface area contributed by atoms with Gasteiger partial charge in [-0.1, -0.05) is 54.6 Å². The summed E-state index contributed by atoms with van der Waals surface area (Å²) in [7, 11) is 0. The third-order valence-corrected chi connectivity index (χ3v) is 5.94. The minimum absolute atomic E-state index is 0.130. The van der Waals surface area contributed by atoms with Crippen LogP contribution in [0.15, 0.2) is 88.2 Å². The number of carbonyl (C=O) groups is 1. The highest BCUT2D eigenvalue weighted by Gasteiger charge is 2.33. The number of rotatable bonds is 8. The second kappa shape index (κ2) is 10.7. The zero-order valence-corrected chi connectivity index (χ0v) is 19.0. The van der Waals surface area contributed by atoms with Crippen molar-refractivity contribution >= 4 is 39.2 Å². The molecule has 32 heavy (non-hydrogen) atoms. The van der Waals surface area contributed by atoms with Gasteiger partial charge in [0.1, 0.15) is 5.75 Å². The summed E-state index contributed by atoms with van der Waals surface area (Å²) in [6.07, 6.45) is -2.68. The standard InChI is InChI=1S/C24H18BrF3O3S/c25-21-14-17(10-11-22(21)31-15-23(29)30)32-13-12-18(16-6-2-1-3-7-16)19-8-4-5-9-20(19)24(26,27)28/h1-12,14H,13,15H2,(H,29,30)/b18-12-. The van der Waals surface area contributed by atoms with Gasteiger partial charge in [-0.25, -0.2) is 4.79 Å². The Bertz CT molecular complexity index is 1110. The molecule has 0 radical (unpaired) electrons. The van der Waals surface area contributed by atoms with Crippen LogP contribution in [0.2, 0.25) is 0 Å². The van der Waals surface area contributed by atoms with E-state index in [0.29, 0.717) is 27.1 Å². The van der Waals surface area contributed by atoms with Crippen LogP contribution >= 0.6 is 27.7 Å². The molecule has 0 aliphatic carbocycles. The zero-order valence-electron chi connectivity index (χ0n) is 16.6. The van der Waals surface area contributed by atoms with Crippen molar-refractivity contribution in [1.29, 1.82) is 0 Å². The van der Waals surface area contributed by atoms with E-state index in [9.17, 15) is 18.0 Å². The number of alkyl halides is 3. The van der Waals surface area contributed by atoms with Gasteiger partial charge in [0.05, 0.1) is 10.0 Å². The van der Waals surface area contributed by atoms with Crippen LogP contribution in [0.4, 0.5) is 13.2 Å². The van der Waals surface area contributed by atoms with Gasteiger partial charge in [0, 0.05) is 10.6 Å². The summed E-state index contributed by atoms with van der Waals surface area (Å²) in [5.41, 5.74) is 0.656. The van der Waals surface area contributed by atoms with Gasteiger partial charge in [-0.05, 0) is 56.9 Å². The van der Waals surface area contributed by atoms with Crippen LogP contribution in [0.5, 0.6) is 5.75 Å². The molecular weight excluding hydrogens is 505 g/mol. The largest absolute Gasteiger partial charge is 0.481 e. The van der Waals surface area contributed by atoms with Gasteiger partial charge in [-0.3, -0.25) is 0 Å². The Morgan fingerprint density at radius 3 is 2.38 bits per heavy atom. The van der Waals surface area contributed by atoms with Crippen LogP contribution in [-0.2, 0) is 11.0 Å².